The van der Waals surface area contributed by atoms with Gasteiger partial charge in [0, 0.05) is 20.3 Å². The number of amides is 1. The maximum Gasteiger partial charge on any atom is 0.368 e. The molecule has 2 aromatic rings. The van der Waals surface area contributed by atoms with Crippen LogP contribution in [0.3, 0.4) is 0 Å². The summed E-state index contributed by atoms with van der Waals surface area (Å²) in [7, 11) is 1.60. The molecule has 0 atom stereocenters. The molecule has 0 aliphatic heterocycles. The molecule has 1 heterocycles. The maximum absolute atomic E-state index is 12.1. The predicted octanol–water partition coefficient (Wildman–Crippen LogP) is -0.418. The van der Waals surface area contributed by atoms with Crippen molar-refractivity contribution in [3.8, 4) is 5.69 Å². The van der Waals surface area contributed by atoms with E-state index in [1.54, 1.807) is 31.4 Å². The molecule has 1 amide bonds. The highest BCUT2D eigenvalue weighted by atomic mass is 16.5. The molecule has 1 aromatic carbocycles. The first-order valence-corrected chi connectivity index (χ1v) is 6.56. The molecule has 0 spiro atoms. The Morgan fingerprint density at radius 2 is 2.05 bits per heavy atom. The lowest BCUT2D eigenvalue weighted by molar-refractivity contribution is -0.121. The van der Waals surface area contributed by atoms with E-state index < -0.39 is 5.69 Å². The van der Waals surface area contributed by atoms with Crippen LogP contribution < -0.4 is 11.0 Å². The van der Waals surface area contributed by atoms with Gasteiger partial charge >= 0.3 is 5.69 Å². The summed E-state index contributed by atoms with van der Waals surface area (Å²) in [5, 5.41) is 10.2. The van der Waals surface area contributed by atoms with Gasteiger partial charge < -0.3 is 10.1 Å². The lowest BCUT2D eigenvalue weighted by Gasteiger charge is -2.03. The first-order chi connectivity index (χ1) is 10.2. The monoisotopic (exact) mass is 291 g/mol. The standard InChI is InChI=1S/C13H17N5O3/c1-21-9-5-8-14-12(19)10-17-13(20)18(16-15-17)11-6-3-2-4-7-11/h2-4,6-7H,5,8-10H2,1H3,(H,14,19). The number of methoxy groups -OCH3 is 1. The second kappa shape index (κ2) is 7.34. The topological polar surface area (TPSA) is 91.0 Å². The van der Waals surface area contributed by atoms with Gasteiger partial charge in [0.05, 0.1) is 5.69 Å². The number of aromatic nitrogens is 4. The van der Waals surface area contributed by atoms with Crippen LogP contribution in [0.2, 0.25) is 0 Å². The van der Waals surface area contributed by atoms with Crippen LogP contribution in [0.5, 0.6) is 0 Å². The number of nitrogens with zero attached hydrogens (tertiary/aromatic N) is 4. The van der Waals surface area contributed by atoms with Crippen molar-refractivity contribution < 1.29 is 9.53 Å². The molecule has 21 heavy (non-hydrogen) atoms. The van der Waals surface area contributed by atoms with Gasteiger partial charge in [-0.05, 0) is 29.0 Å². The number of carbonyl (C=O) groups is 1. The van der Waals surface area contributed by atoms with Crippen LogP contribution in [-0.4, -0.2) is 46.0 Å². The number of carbonyl (C=O) groups excluding carboxylic acids is 1. The van der Waals surface area contributed by atoms with Crippen molar-refractivity contribution in [3.05, 3.63) is 40.8 Å². The van der Waals surface area contributed by atoms with Gasteiger partial charge in [-0.2, -0.15) is 9.36 Å². The minimum Gasteiger partial charge on any atom is -0.385 e. The van der Waals surface area contributed by atoms with Crippen LogP contribution in [0, 0.1) is 0 Å². The fraction of sp³-hybridized carbons (Fsp3) is 0.385. The van der Waals surface area contributed by atoms with Crippen LogP contribution in [-0.2, 0) is 16.1 Å². The third-order valence-corrected chi connectivity index (χ3v) is 2.78. The van der Waals surface area contributed by atoms with Crippen LogP contribution in [0.15, 0.2) is 35.1 Å². The Bertz CT molecular complexity index is 635. The number of para-hydroxylation sites is 1. The summed E-state index contributed by atoms with van der Waals surface area (Å²) in [5.74, 6) is -0.284. The van der Waals surface area contributed by atoms with Crippen LogP contribution in [0.25, 0.3) is 5.69 Å². The Morgan fingerprint density at radius 1 is 1.29 bits per heavy atom. The van der Waals surface area contributed by atoms with Crippen LogP contribution >= 0.6 is 0 Å². The lowest BCUT2D eigenvalue weighted by atomic mass is 10.3. The Balaban J connectivity index is 1.98. The van der Waals surface area contributed by atoms with Crippen molar-refractivity contribution in [2.24, 2.45) is 0 Å². The van der Waals surface area contributed by atoms with E-state index in [1.807, 2.05) is 6.07 Å². The summed E-state index contributed by atoms with van der Waals surface area (Å²) in [6, 6.07) is 8.91. The molecule has 8 heteroatoms. The van der Waals surface area contributed by atoms with Crippen LogP contribution in [0.1, 0.15) is 6.42 Å². The van der Waals surface area contributed by atoms with Gasteiger partial charge in [0.25, 0.3) is 0 Å². The van der Waals surface area contributed by atoms with Gasteiger partial charge in [0.15, 0.2) is 0 Å². The minimum absolute atomic E-state index is 0.154. The zero-order valence-corrected chi connectivity index (χ0v) is 11.7. The number of hydrogen-bond donors (Lipinski definition) is 1. The highest BCUT2D eigenvalue weighted by Gasteiger charge is 2.11. The largest absolute Gasteiger partial charge is 0.385 e. The van der Waals surface area contributed by atoms with E-state index in [0.717, 1.165) is 9.36 Å². The molecule has 0 saturated heterocycles. The fourth-order valence-corrected chi connectivity index (χ4v) is 1.74. The molecule has 0 saturated carbocycles. The molecule has 0 aliphatic carbocycles. The van der Waals surface area contributed by atoms with Crippen molar-refractivity contribution in [1.82, 2.24) is 25.1 Å². The molecule has 0 radical (unpaired) electrons. The smallest absolute Gasteiger partial charge is 0.368 e. The van der Waals surface area contributed by atoms with Crippen molar-refractivity contribution in [3.63, 3.8) is 0 Å². The predicted molar refractivity (Wildman–Crippen MR) is 75.1 cm³/mol. The van der Waals surface area contributed by atoms with E-state index >= 15 is 0 Å². The summed E-state index contributed by atoms with van der Waals surface area (Å²) in [6.07, 6.45) is 0.716. The second-order valence-electron chi connectivity index (χ2n) is 4.36. The molecule has 112 valence electrons. The third kappa shape index (κ3) is 3.99. The zero-order chi connectivity index (χ0) is 15.1. The van der Waals surface area contributed by atoms with Gasteiger partial charge in [0.1, 0.15) is 6.54 Å². The average Bonchev–Trinajstić information content (AvgIpc) is 2.86. The number of tetrazole rings is 1. The molecule has 0 fully saturated rings. The van der Waals surface area contributed by atoms with E-state index in [4.69, 9.17) is 4.74 Å². The normalized spacial score (nSPS) is 10.5. The molecule has 1 N–H and O–H groups in total. The Hall–Kier alpha value is -2.48. The second-order valence-corrected chi connectivity index (χ2v) is 4.36. The van der Waals surface area contributed by atoms with Crippen LogP contribution in [0.4, 0.5) is 0 Å². The lowest BCUT2D eigenvalue weighted by Crippen LogP contribution is -2.34. The van der Waals surface area contributed by atoms with Gasteiger partial charge in [0.2, 0.25) is 5.91 Å². The SMILES string of the molecule is COCCCNC(=O)Cn1nnn(-c2ccccc2)c1=O. The zero-order valence-electron chi connectivity index (χ0n) is 11.7. The number of hydrogen-bond acceptors (Lipinski definition) is 5. The number of ether oxygens (including phenoxy) is 1. The quantitative estimate of drug-likeness (QED) is 0.700. The minimum atomic E-state index is -0.451. The van der Waals surface area contributed by atoms with Crippen molar-refractivity contribution >= 4 is 5.91 Å². The summed E-state index contributed by atoms with van der Waals surface area (Å²) >= 11 is 0. The van der Waals surface area contributed by atoms with E-state index in [9.17, 15) is 9.59 Å². The molecular formula is C13H17N5O3. The average molecular weight is 291 g/mol. The third-order valence-electron chi connectivity index (χ3n) is 2.78. The van der Waals surface area contributed by atoms with Gasteiger partial charge in [-0.25, -0.2) is 4.79 Å². The molecule has 0 bridgehead atoms. The van der Waals surface area contributed by atoms with Crippen molar-refractivity contribution in [2.45, 2.75) is 13.0 Å². The highest BCUT2D eigenvalue weighted by Crippen LogP contribution is 2.00. The van der Waals surface area contributed by atoms with Gasteiger partial charge in [-0.1, -0.05) is 18.2 Å². The maximum atomic E-state index is 12.1. The number of benzene rings is 1. The first kappa shape index (κ1) is 14.9. The first-order valence-electron chi connectivity index (χ1n) is 6.56. The van der Waals surface area contributed by atoms with E-state index in [0.29, 0.717) is 25.3 Å². The van der Waals surface area contributed by atoms with E-state index in [2.05, 4.69) is 15.7 Å². The Kier molecular flexibility index (Phi) is 5.22. The highest BCUT2D eigenvalue weighted by molar-refractivity contribution is 5.75. The summed E-state index contributed by atoms with van der Waals surface area (Å²) in [4.78, 5) is 23.8. The summed E-state index contributed by atoms with van der Waals surface area (Å²) in [5.41, 5.74) is 0.155. The summed E-state index contributed by atoms with van der Waals surface area (Å²) in [6.45, 7) is 0.914. The van der Waals surface area contributed by atoms with E-state index in [1.165, 1.54) is 0 Å². The van der Waals surface area contributed by atoms with E-state index in [-0.39, 0.29) is 12.5 Å². The number of rotatable bonds is 7. The molecule has 0 aliphatic rings. The number of nitrogens with one attached hydrogen (secondary N) is 1. The fourth-order valence-electron chi connectivity index (χ4n) is 1.74. The molecule has 1 aromatic heterocycles. The summed E-state index contributed by atoms with van der Waals surface area (Å²) < 4.78 is 7.06. The molecule has 2 rings (SSSR count). The van der Waals surface area contributed by atoms with Crippen molar-refractivity contribution in [1.29, 1.82) is 0 Å². The van der Waals surface area contributed by atoms with Crippen molar-refractivity contribution in [2.75, 3.05) is 20.3 Å². The molecule has 8 nitrogen and oxygen atoms in total. The Labute approximate surface area is 121 Å². The van der Waals surface area contributed by atoms with Gasteiger partial charge in [-0.15, -0.1) is 0 Å². The van der Waals surface area contributed by atoms with Gasteiger partial charge in [-0.3, -0.25) is 4.79 Å². The Morgan fingerprint density at radius 3 is 2.76 bits per heavy atom. The molecule has 0 unspecified atom stereocenters. The molecular weight excluding hydrogens is 274 g/mol.